The molecule has 3 heterocycles. The second-order valence-electron chi connectivity index (χ2n) is 9.17. The Bertz CT molecular complexity index is 1060. The monoisotopic (exact) mass is 434 g/mol. The third-order valence-electron chi connectivity index (χ3n) is 7.39. The van der Waals surface area contributed by atoms with Gasteiger partial charge in [0.25, 0.3) is 5.91 Å². The van der Waals surface area contributed by atoms with Crippen LogP contribution in [0.3, 0.4) is 0 Å². The van der Waals surface area contributed by atoms with Gasteiger partial charge in [-0.25, -0.2) is 0 Å². The average Bonchev–Trinajstić information content (AvgIpc) is 2.83. The Morgan fingerprint density at radius 2 is 1.66 bits per heavy atom. The van der Waals surface area contributed by atoms with Gasteiger partial charge in [0.2, 0.25) is 5.91 Å². The number of amides is 2. The van der Waals surface area contributed by atoms with Crippen molar-refractivity contribution in [1.82, 2.24) is 9.80 Å². The molecule has 0 bridgehead atoms. The zero-order valence-electron chi connectivity index (χ0n) is 19.0. The fourth-order valence-corrected chi connectivity index (χ4v) is 5.55. The quantitative estimate of drug-likeness (QED) is 0.737. The van der Waals surface area contributed by atoms with Crippen LogP contribution >= 0.6 is 0 Å². The molecule has 1 fully saturated rings. The molecule has 0 radical (unpaired) electrons. The van der Waals surface area contributed by atoms with Crippen molar-refractivity contribution in [2.45, 2.75) is 38.1 Å². The van der Waals surface area contributed by atoms with Crippen LogP contribution < -0.4 is 9.47 Å². The minimum Gasteiger partial charge on any atom is -0.493 e. The highest BCUT2D eigenvalue weighted by molar-refractivity contribution is 6.01. The van der Waals surface area contributed by atoms with Gasteiger partial charge in [-0.2, -0.15) is 0 Å². The van der Waals surface area contributed by atoms with Crippen molar-refractivity contribution in [3.63, 3.8) is 0 Å². The first-order valence-corrected chi connectivity index (χ1v) is 11.5. The van der Waals surface area contributed by atoms with Gasteiger partial charge in [0.05, 0.1) is 26.2 Å². The summed E-state index contributed by atoms with van der Waals surface area (Å²) >= 11 is 0. The number of hydrogen-bond acceptors (Lipinski definition) is 4. The average molecular weight is 435 g/mol. The van der Waals surface area contributed by atoms with Gasteiger partial charge < -0.3 is 19.3 Å². The van der Waals surface area contributed by atoms with E-state index in [9.17, 15) is 9.59 Å². The largest absolute Gasteiger partial charge is 0.493 e. The number of piperidine rings is 1. The van der Waals surface area contributed by atoms with Crippen LogP contribution in [-0.4, -0.2) is 55.5 Å². The van der Waals surface area contributed by atoms with E-state index in [4.69, 9.17) is 9.47 Å². The lowest BCUT2D eigenvalue weighted by molar-refractivity contribution is -0.136. The van der Waals surface area contributed by atoms with Gasteiger partial charge in [-0.05, 0) is 60.1 Å². The summed E-state index contributed by atoms with van der Waals surface area (Å²) in [6, 6.07) is 11.2. The zero-order chi connectivity index (χ0) is 22.4. The molecule has 2 aromatic carbocycles. The molecule has 0 N–H and O–H groups in total. The van der Waals surface area contributed by atoms with E-state index in [1.165, 1.54) is 0 Å². The number of benzene rings is 2. The smallest absolute Gasteiger partial charge is 0.254 e. The molecule has 1 saturated heterocycles. The molecule has 2 aromatic rings. The molecular formula is C26H30N2O4. The molecule has 3 aliphatic heterocycles. The van der Waals surface area contributed by atoms with Crippen molar-refractivity contribution in [3.05, 3.63) is 58.7 Å². The minimum absolute atomic E-state index is 0.00218. The number of nitrogens with zero attached hydrogens (tertiary/aromatic N) is 2. The van der Waals surface area contributed by atoms with Gasteiger partial charge in [-0.3, -0.25) is 9.59 Å². The third kappa shape index (κ3) is 3.24. The van der Waals surface area contributed by atoms with Gasteiger partial charge in [-0.15, -0.1) is 0 Å². The molecule has 0 spiro atoms. The maximum absolute atomic E-state index is 14.0. The zero-order valence-corrected chi connectivity index (χ0v) is 19.0. The van der Waals surface area contributed by atoms with Crippen molar-refractivity contribution >= 4 is 11.8 Å². The molecular weight excluding hydrogens is 404 g/mol. The highest BCUT2D eigenvalue weighted by Gasteiger charge is 2.47. The molecule has 32 heavy (non-hydrogen) atoms. The number of ether oxygens (including phenoxy) is 2. The summed E-state index contributed by atoms with van der Waals surface area (Å²) in [5.41, 5.74) is 3.59. The second-order valence-corrected chi connectivity index (χ2v) is 9.17. The van der Waals surface area contributed by atoms with Crippen LogP contribution in [-0.2, 0) is 11.2 Å². The summed E-state index contributed by atoms with van der Waals surface area (Å²) in [5, 5.41) is 0. The Hall–Kier alpha value is -3.02. The predicted molar refractivity (Wildman–Crippen MR) is 121 cm³/mol. The number of carbonyl (C=O) groups is 2. The Morgan fingerprint density at radius 3 is 2.38 bits per heavy atom. The van der Waals surface area contributed by atoms with Gasteiger partial charge in [0.15, 0.2) is 11.5 Å². The fraction of sp³-hybridized carbons (Fsp3) is 0.462. The highest BCUT2D eigenvalue weighted by atomic mass is 16.5. The molecule has 0 aliphatic carbocycles. The summed E-state index contributed by atoms with van der Waals surface area (Å²) < 4.78 is 11.1. The molecule has 0 saturated carbocycles. The van der Waals surface area contributed by atoms with Crippen molar-refractivity contribution in [3.8, 4) is 11.5 Å². The van der Waals surface area contributed by atoms with E-state index in [1.54, 1.807) is 14.2 Å². The minimum atomic E-state index is -0.422. The number of methoxy groups -OCH3 is 2. The van der Waals surface area contributed by atoms with Crippen molar-refractivity contribution in [2.24, 2.45) is 5.92 Å². The molecule has 6 heteroatoms. The number of fused-ring (bicyclic) bond motifs is 4. The van der Waals surface area contributed by atoms with Crippen LogP contribution in [0.1, 0.15) is 58.8 Å². The van der Waals surface area contributed by atoms with E-state index < -0.39 is 5.92 Å². The standard InChI is InChI=1S/C26H30N2O4/c1-16-8-11-27(12-9-16)26(30)23-18-6-4-5-7-19(18)25(29)28-13-10-17-14-21(31-2)22(32-3)15-20(17)24(23)28/h4-7,14-16,23-24H,8-13H2,1-3H3/t23-,24-/m0/s1. The Kier molecular flexibility index (Phi) is 5.31. The van der Waals surface area contributed by atoms with E-state index >= 15 is 0 Å². The molecule has 0 unspecified atom stereocenters. The number of hydrogen-bond donors (Lipinski definition) is 0. The van der Waals surface area contributed by atoms with Crippen molar-refractivity contribution in [2.75, 3.05) is 33.9 Å². The van der Waals surface area contributed by atoms with Crippen LogP contribution in [0, 0.1) is 5.92 Å². The van der Waals surface area contributed by atoms with E-state index in [0.29, 0.717) is 29.5 Å². The molecule has 6 nitrogen and oxygen atoms in total. The van der Waals surface area contributed by atoms with Crippen LogP contribution in [0.2, 0.25) is 0 Å². The maximum atomic E-state index is 14.0. The molecule has 2 amide bonds. The fourth-order valence-electron chi connectivity index (χ4n) is 5.55. The van der Waals surface area contributed by atoms with Crippen molar-refractivity contribution < 1.29 is 19.1 Å². The van der Waals surface area contributed by atoms with Gasteiger partial charge >= 0.3 is 0 Å². The summed E-state index contributed by atoms with van der Waals surface area (Å²) in [6.45, 7) is 4.38. The first-order chi connectivity index (χ1) is 15.5. The maximum Gasteiger partial charge on any atom is 0.254 e. The Balaban J connectivity index is 1.65. The topological polar surface area (TPSA) is 59.1 Å². The summed E-state index contributed by atoms with van der Waals surface area (Å²) in [7, 11) is 3.24. The summed E-state index contributed by atoms with van der Waals surface area (Å²) in [6.07, 6.45) is 2.77. The number of rotatable bonds is 3. The molecule has 5 rings (SSSR count). The summed E-state index contributed by atoms with van der Waals surface area (Å²) in [5.74, 6) is 1.64. The SMILES string of the molecule is COc1cc2c(cc1OC)[C@H]1[C@@H](C(=O)N3CCC(C)CC3)c3ccccc3C(=O)N1CC2. The second kappa shape index (κ2) is 8.15. The number of likely N-dealkylation sites (tertiary alicyclic amines) is 1. The predicted octanol–water partition coefficient (Wildman–Crippen LogP) is 3.80. The highest BCUT2D eigenvalue weighted by Crippen LogP contribution is 2.49. The van der Waals surface area contributed by atoms with Crippen LogP contribution in [0.15, 0.2) is 36.4 Å². The number of carbonyl (C=O) groups excluding carboxylic acids is 2. The normalized spacial score (nSPS) is 22.7. The van der Waals surface area contributed by atoms with Gasteiger partial charge in [-0.1, -0.05) is 25.1 Å². The molecule has 168 valence electrons. The Labute approximate surface area is 189 Å². The molecule has 0 aromatic heterocycles. The van der Waals surface area contributed by atoms with Crippen molar-refractivity contribution in [1.29, 1.82) is 0 Å². The lowest BCUT2D eigenvalue weighted by atomic mass is 9.75. The first-order valence-electron chi connectivity index (χ1n) is 11.5. The Morgan fingerprint density at radius 1 is 0.969 bits per heavy atom. The van der Waals surface area contributed by atoms with Gasteiger partial charge in [0.1, 0.15) is 0 Å². The summed E-state index contributed by atoms with van der Waals surface area (Å²) in [4.78, 5) is 31.4. The molecule has 3 aliphatic rings. The third-order valence-corrected chi connectivity index (χ3v) is 7.39. The van der Waals surface area contributed by atoms with Crippen LogP contribution in [0.25, 0.3) is 0 Å². The lowest BCUT2D eigenvalue weighted by Gasteiger charge is -2.46. The van der Waals surface area contributed by atoms with E-state index in [-0.39, 0.29) is 17.9 Å². The van der Waals surface area contributed by atoms with E-state index in [2.05, 4.69) is 6.92 Å². The van der Waals surface area contributed by atoms with Crippen LogP contribution in [0.4, 0.5) is 0 Å². The molecule has 2 atom stereocenters. The van der Waals surface area contributed by atoms with E-state index in [0.717, 1.165) is 49.0 Å². The van der Waals surface area contributed by atoms with Gasteiger partial charge in [0, 0.05) is 25.2 Å². The lowest BCUT2D eigenvalue weighted by Crippen LogP contribution is -2.51. The van der Waals surface area contributed by atoms with E-state index in [1.807, 2.05) is 46.2 Å². The first kappa shape index (κ1) is 20.9. The van der Waals surface area contributed by atoms with Crippen LogP contribution in [0.5, 0.6) is 11.5 Å².